The van der Waals surface area contributed by atoms with E-state index in [4.69, 9.17) is 13.9 Å². The Hall–Kier alpha value is 0.827. The number of alkyl halides is 1. The monoisotopic (exact) mass is 414 g/mol. The van der Waals surface area contributed by atoms with Crippen molar-refractivity contribution in [3.05, 3.63) is 0 Å². The Labute approximate surface area is 139 Å². The summed E-state index contributed by atoms with van der Waals surface area (Å²) >= 11 is 2.37. The number of hydrogen-bond acceptors (Lipinski definition) is 3. The van der Waals surface area contributed by atoms with E-state index in [1.54, 1.807) is 0 Å². The van der Waals surface area contributed by atoms with Gasteiger partial charge < -0.3 is 13.9 Å². The summed E-state index contributed by atoms with van der Waals surface area (Å²) in [6, 6.07) is 0. The number of hydrogen-bond donors (Lipinski definition) is 0. The molecule has 0 aromatic rings. The summed E-state index contributed by atoms with van der Waals surface area (Å²) in [5.74, 6) is -0.461. The molecule has 5 heteroatoms. The molecule has 1 fully saturated rings. The average molecular weight is 414 g/mol. The third-order valence-corrected chi connectivity index (χ3v) is 9.78. The fourth-order valence-corrected chi connectivity index (χ4v) is 4.50. The molecule has 1 heterocycles. The lowest BCUT2D eigenvalue weighted by Crippen LogP contribution is -2.44. The predicted molar refractivity (Wildman–Crippen MR) is 95.1 cm³/mol. The quantitative estimate of drug-likeness (QED) is 0.370. The van der Waals surface area contributed by atoms with Gasteiger partial charge in [0.05, 0.1) is 12.2 Å². The van der Waals surface area contributed by atoms with Gasteiger partial charge in [-0.25, -0.2) is 0 Å². The van der Waals surface area contributed by atoms with Crippen molar-refractivity contribution < 1.29 is 13.9 Å². The van der Waals surface area contributed by atoms with E-state index >= 15 is 0 Å². The van der Waals surface area contributed by atoms with E-state index in [2.05, 4.69) is 63.4 Å². The summed E-state index contributed by atoms with van der Waals surface area (Å²) < 4.78 is 19.3. The van der Waals surface area contributed by atoms with Gasteiger partial charge in [0.2, 0.25) is 0 Å². The lowest BCUT2D eigenvalue weighted by molar-refractivity contribution is -0.146. The van der Waals surface area contributed by atoms with Gasteiger partial charge in [0.25, 0.3) is 0 Å². The van der Waals surface area contributed by atoms with Gasteiger partial charge >= 0.3 is 0 Å². The molecule has 3 nitrogen and oxygen atoms in total. The normalized spacial score (nSPS) is 28.6. The maximum Gasteiger partial charge on any atom is 0.192 e. The van der Waals surface area contributed by atoms with Gasteiger partial charge in [-0.05, 0) is 38.9 Å². The number of rotatable bonds is 5. The molecule has 0 aliphatic carbocycles. The summed E-state index contributed by atoms with van der Waals surface area (Å²) in [4.78, 5) is 0. The Morgan fingerprint density at radius 1 is 1.20 bits per heavy atom. The van der Waals surface area contributed by atoms with E-state index in [0.717, 1.165) is 10.8 Å². The largest absolute Gasteiger partial charge is 0.414 e. The molecule has 0 spiro atoms. The van der Waals surface area contributed by atoms with E-state index in [1.165, 1.54) is 0 Å². The van der Waals surface area contributed by atoms with E-state index < -0.39 is 14.1 Å². The predicted octanol–water partition coefficient (Wildman–Crippen LogP) is 4.74. The molecule has 120 valence electrons. The topological polar surface area (TPSA) is 27.7 Å². The first-order valence-corrected chi connectivity index (χ1v) is 11.9. The van der Waals surface area contributed by atoms with Crippen LogP contribution in [0.3, 0.4) is 0 Å². The van der Waals surface area contributed by atoms with Crippen molar-refractivity contribution in [3.63, 3.8) is 0 Å². The first-order chi connectivity index (χ1) is 8.88. The zero-order chi connectivity index (χ0) is 15.8. The Morgan fingerprint density at radius 3 is 2.15 bits per heavy atom. The molecule has 0 N–H and O–H groups in total. The van der Waals surface area contributed by atoms with E-state index in [9.17, 15) is 0 Å². The summed E-state index contributed by atoms with van der Waals surface area (Å²) in [6.07, 6.45) is 1.44. The lowest BCUT2D eigenvalue weighted by atomic mass is 10.1. The molecule has 0 aromatic carbocycles. The second kappa shape index (κ2) is 6.52. The lowest BCUT2D eigenvalue weighted by Gasteiger charge is -2.39. The second-order valence-corrected chi connectivity index (χ2v) is 13.4. The Bertz CT molecular complexity index is 326. The third kappa shape index (κ3) is 4.93. The molecule has 3 atom stereocenters. The first-order valence-electron chi connectivity index (χ1n) is 7.47. The van der Waals surface area contributed by atoms with Crippen LogP contribution in [0.15, 0.2) is 0 Å². The molecule has 1 aliphatic heterocycles. The average Bonchev–Trinajstić information content (AvgIpc) is 2.50. The Morgan fingerprint density at radius 2 is 1.70 bits per heavy atom. The summed E-state index contributed by atoms with van der Waals surface area (Å²) in [5, 5.41) is 0.246. The van der Waals surface area contributed by atoms with Crippen molar-refractivity contribution in [1.29, 1.82) is 0 Å². The maximum absolute atomic E-state index is 6.43. The van der Waals surface area contributed by atoms with Crippen LogP contribution in [0.25, 0.3) is 0 Å². The van der Waals surface area contributed by atoms with Crippen LogP contribution >= 0.6 is 22.6 Å². The summed E-state index contributed by atoms with van der Waals surface area (Å²) in [5.41, 5.74) is 0. The van der Waals surface area contributed by atoms with Crippen molar-refractivity contribution in [3.8, 4) is 0 Å². The second-order valence-electron chi connectivity index (χ2n) is 7.79. The van der Waals surface area contributed by atoms with Gasteiger partial charge in [-0.1, -0.05) is 43.4 Å². The molecular weight excluding hydrogens is 383 g/mol. The molecule has 0 bridgehead atoms. The van der Waals surface area contributed by atoms with Crippen molar-refractivity contribution in [2.75, 3.05) is 4.43 Å². The van der Waals surface area contributed by atoms with Gasteiger partial charge in [-0.15, -0.1) is 0 Å². The molecule has 0 radical (unpaired) electrons. The van der Waals surface area contributed by atoms with E-state index in [1.807, 2.05) is 13.8 Å². The van der Waals surface area contributed by atoms with Crippen LogP contribution in [0, 0.1) is 0 Å². The zero-order valence-corrected chi connectivity index (χ0v) is 17.4. The molecule has 1 aliphatic rings. The fraction of sp³-hybridized carbons (Fsp3) is 1.00. The van der Waals surface area contributed by atoms with Gasteiger partial charge in [-0.2, -0.15) is 0 Å². The van der Waals surface area contributed by atoms with Crippen molar-refractivity contribution >= 4 is 30.9 Å². The summed E-state index contributed by atoms with van der Waals surface area (Å²) in [7, 11) is -1.71. The third-order valence-electron chi connectivity index (χ3n) is 4.30. The molecule has 0 amide bonds. The highest BCUT2D eigenvalue weighted by atomic mass is 127. The zero-order valence-electron chi connectivity index (χ0n) is 14.2. The Balaban J connectivity index is 2.60. The Kier molecular flexibility index (Phi) is 6.15. The van der Waals surface area contributed by atoms with Gasteiger partial charge in [0.15, 0.2) is 14.1 Å². The highest BCUT2D eigenvalue weighted by molar-refractivity contribution is 14.1. The number of ether oxygens (including phenoxy) is 2. The SMILES string of the molecule is C[C@H](C[C@@H]1OC(C)(C)O[C@H]1CI)O[Si](C)(C)C(C)(C)C. The van der Waals surface area contributed by atoms with Gasteiger partial charge in [0.1, 0.15) is 0 Å². The van der Waals surface area contributed by atoms with Crippen molar-refractivity contribution in [2.24, 2.45) is 0 Å². The van der Waals surface area contributed by atoms with E-state index in [0.29, 0.717) is 0 Å². The minimum atomic E-state index is -1.71. The van der Waals surface area contributed by atoms with Crippen LogP contribution in [-0.4, -0.2) is 36.8 Å². The standard InChI is InChI=1S/C15H31IO3Si/c1-11(19-20(7,8)14(2,3)4)9-12-13(10-16)18-15(5,6)17-12/h11-13H,9-10H2,1-8H3/t11-,12+,13+/m1/s1. The van der Waals surface area contributed by atoms with Crippen LogP contribution in [0.1, 0.15) is 48.0 Å². The van der Waals surface area contributed by atoms with Crippen molar-refractivity contribution in [1.82, 2.24) is 0 Å². The van der Waals surface area contributed by atoms with Gasteiger partial charge in [0, 0.05) is 17.0 Å². The number of halogens is 1. The smallest absolute Gasteiger partial charge is 0.192 e. The molecule has 0 unspecified atom stereocenters. The van der Waals surface area contributed by atoms with Crippen molar-refractivity contribution in [2.45, 2.75) is 90.2 Å². The van der Waals surface area contributed by atoms with Crippen LogP contribution in [-0.2, 0) is 13.9 Å². The molecule has 1 saturated heterocycles. The minimum absolute atomic E-state index is 0.140. The highest BCUT2D eigenvalue weighted by Gasteiger charge is 2.43. The van der Waals surface area contributed by atoms with Gasteiger partial charge in [-0.3, -0.25) is 0 Å². The molecule has 0 saturated carbocycles. The summed E-state index contributed by atoms with van der Waals surface area (Å²) in [6.45, 7) is 17.6. The maximum atomic E-state index is 6.43. The molecule has 1 rings (SSSR count). The molecule has 20 heavy (non-hydrogen) atoms. The highest BCUT2D eigenvalue weighted by Crippen LogP contribution is 2.38. The molecular formula is C15H31IO3Si. The van der Waals surface area contributed by atoms with E-state index in [-0.39, 0.29) is 23.4 Å². The van der Waals surface area contributed by atoms with Crippen LogP contribution < -0.4 is 0 Å². The first kappa shape index (κ1) is 18.9. The van der Waals surface area contributed by atoms with Crippen LogP contribution in [0.2, 0.25) is 18.1 Å². The van der Waals surface area contributed by atoms with Crippen LogP contribution in [0.5, 0.6) is 0 Å². The van der Waals surface area contributed by atoms with Crippen LogP contribution in [0.4, 0.5) is 0 Å². The molecule has 0 aromatic heterocycles. The minimum Gasteiger partial charge on any atom is -0.414 e. The fourth-order valence-electron chi connectivity index (χ4n) is 2.29.